The number of rotatable bonds is 8. The number of aromatic amines is 1. The average molecular weight is 361 g/mol. The Morgan fingerprint density at radius 2 is 2.19 bits per heavy atom. The average Bonchev–Trinajstić information content (AvgIpc) is 3.04. The van der Waals surface area contributed by atoms with Crippen LogP contribution in [0.15, 0.2) is 30.5 Å². The molecule has 2 heterocycles. The highest BCUT2D eigenvalue weighted by molar-refractivity contribution is 5.85. The Labute approximate surface area is 153 Å². The highest BCUT2D eigenvalue weighted by Crippen LogP contribution is 2.24. The summed E-state index contributed by atoms with van der Waals surface area (Å²) in [6.07, 6.45) is 2.11. The quantitative estimate of drug-likeness (QED) is 0.736. The number of hydrogen-bond donors (Lipinski definition) is 2. The monoisotopic (exact) mass is 361 g/mol. The number of ether oxygens (including phenoxy) is 2. The number of nitrogens with zero attached hydrogens (tertiary/aromatic N) is 2. The number of aromatic nitrogens is 1. The van der Waals surface area contributed by atoms with E-state index < -0.39 is 6.10 Å². The zero-order valence-corrected chi connectivity index (χ0v) is 15.2. The topological polar surface area (TPSA) is 78.0 Å². The minimum atomic E-state index is -0.650. The molecule has 1 aromatic carbocycles. The summed E-state index contributed by atoms with van der Waals surface area (Å²) < 4.78 is 10.9. The number of fused-ring (bicyclic) bond motifs is 1. The number of methoxy groups -OCH3 is 1. The molecule has 0 aliphatic carbocycles. The molecular formula is C19H27N3O4. The van der Waals surface area contributed by atoms with Gasteiger partial charge in [-0.05, 0) is 24.6 Å². The van der Waals surface area contributed by atoms with Crippen LogP contribution >= 0.6 is 0 Å². The van der Waals surface area contributed by atoms with E-state index in [4.69, 9.17) is 9.47 Å². The predicted octanol–water partition coefficient (Wildman–Crippen LogP) is 1.09. The van der Waals surface area contributed by atoms with Gasteiger partial charge in [-0.25, -0.2) is 0 Å². The molecular weight excluding hydrogens is 334 g/mol. The molecule has 2 N–H and O–H groups in total. The molecule has 1 atom stereocenters. The number of nitrogens with one attached hydrogen (secondary N) is 1. The maximum atomic E-state index is 12.3. The number of amides is 1. The van der Waals surface area contributed by atoms with E-state index in [1.807, 2.05) is 40.3 Å². The molecule has 1 aliphatic heterocycles. The molecule has 1 saturated heterocycles. The van der Waals surface area contributed by atoms with Crippen molar-refractivity contribution in [3.8, 4) is 5.75 Å². The Bertz CT molecular complexity index is 718. The van der Waals surface area contributed by atoms with Crippen LogP contribution in [-0.2, 0) is 9.53 Å². The Kier molecular flexibility index (Phi) is 6.49. The van der Waals surface area contributed by atoms with E-state index in [1.54, 1.807) is 7.11 Å². The maximum absolute atomic E-state index is 12.3. The molecule has 0 spiro atoms. The number of aliphatic hydroxyl groups excluding tert-OH is 1. The van der Waals surface area contributed by atoms with Gasteiger partial charge in [0, 0.05) is 50.4 Å². The first-order chi connectivity index (χ1) is 12.7. The number of H-pyrrole nitrogens is 1. The molecule has 26 heavy (non-hydrogen) atoms. The van der Waals surface area contributed by atoms with Crippen molar-refractivity contribution in [2.45, 2.75) is 12.5 Å². The maximum Gasteiger partial charge on any atom is 0.236 e. The summed E-state index contributed by atoms with van der Waals surface area (Å²) in [7, 11) is 1.64. The number of hydrogen-bond acceptors (Lipinski definition) is 5. The van der Waals surface area contributed by atoms with E-state index in [0.29, 0.717) is 26.2 Å². The third-order valence-electron chi connectivity index (χ3n) is 4.63. The van der Waals surface area contributed by atoms with E-state index >= 15 is 0 Å². The number of carbonyl (C=O) groups is 1. The lowest BCUT2D eigenvalue weighted by atomic mass is 10.2. The van der Waals surface area contributed by atoms with Crippen molar-refractivity contribution in [3.63, 3.8) is 0 Å². The van der Waals surface area contributed by atoms with Crippen molar-refractivity contribution < 1.29 is 19.4 Å². The van der Waals surface area contributed by atoms with Crippen molar-refractivity contribution in [2.24, 2.45) is 0 Å². The van der Waals surface area contributed by atoms with Gasteiger partial charge in [-0.15, -0.1) is 0 Å². The Balaban J connectivity index is 1.49. The molecule has 0 radical (unpaired) electrons. The lowest BCUT2D eigenvalue weighted by Gasteiger charge is -2.23. The second-order valence-electron chi connectivity index (χ2n) is 6.62. The van der Waals surface area contributed by atoms with Gasteiger partial charge in [0.2, 0.25) is 5.91 Å². The van der Waals surface area contributed by atoms with Gasteiger partial charge in [0.1, 0.15) is 18.5 Å². The lowest BCUT2D eigenvalue weighted by molar-refractivity contribution is -0.132. The van der Waals surface area contributed by atoms with Gasteiger partial charge in [0.05, 0.1) is 13.2 Å². The van der Waals surface area contributed by atoms with Gasteiger partial charge >= 0.3 is 0 Å². The number of carbonyl (C=O) groups excluding carboxylic acids is 1. The van der Waals surface area contributed by atoms with Gasteiger partial charge in [0.25, 0.3) is 0 Å². The highest BCUT2D eigenvalue weighted by atomic mass is 16.5. The molecule has 142 valence electrons. The van der Waals surface area contributed by atoms with Crippen molar-refractivity contribution in [1.29, 1.82) is 0 Å². The molecule has 7 heteroatoms. The SMILES string of the molecule is COCCN1CCCN(C[C@H](O)COc2cccc3[nH]ccc23)CC1=O. The van der Waals surface area contributed by atoms with Crippen molar-refractivity contribution in [1.82, 2.24) is 14.8 Å². The van der Waals surface area contributed by atoms with Crippen LogP contribution < -0.4 is 4.74 Å². The third-order valence-corrected chi connectivity index (χ3v) is 4.63. The van der Waals surface area contributed by atoms with Crippen LogP contribution in [0.1, 0.15) is 6.42 Å². The fraction of sp³-hybridized carbons (Fsp3) is 0.526. The van der Waals surface area contributed by atoms with Crippen LogP contribution in [0.25, 0.3) is 10.9 Å². The van der Waals surface area contributed by atoms with Gasteiger partial charge in [-0.1, -0.05) is 6.07 Å². The summed E-state index contributed by atoms with van der Waals surface area (Å²) in [4.78, 5) is 19.3. The van der Waals surface area contributed by atoms with Crippen LogP contribution in [0.2, 0.25) is 0 Å². The first-order valence-corrected chi connectivity index (χ1v) is 9.03. The molecule has 2 aromatic rings. The Morgan fingerprint density at radius 3 is 3.04 bits per heavy atom. The zero-order chi connectivity index (χ0) is 18.4. The summed E-state index contributed by atoms with van der Waals surface area (Å²) in [5.41, 5.74) is 1.01. The minimum absolute atomic E-state index is 0.0877. The van der Waals surface area contributed by atoms with Crippen LogP contribution in [-0.4, -0.2) is 84.9 Å². The minimum Gasteiger partial charge on any atom is -0.490 e. The molecule has 0 bridgehead atoms. The van der Waals surface area contributed by atoms with Crippen molar-refractivity contribution >= 4 is 16.8 Å². The molecule has 1 fully saturated rings. The van der Waals surface area contributed by atoms with Crippen LogP contribution in [0.4, 0.5) is 0 Å². The van der Waals surface area contributed by atoms with Gasteiger partial charge in [0.15, 0.2) is 0 Å². The standard InChI is InChI=1S/C19H27N3O4/c1-25-11-10-22-9-3-8-21(13-19(22)24)12-15(23)14-26-18-5-2-4-17-16(18)6-7-20-17/h2,4-7,15,20,23H,3,8-14H2,1H3/t15-/m0/s1. The molecule has 1 aromatic heterocycles. The summed E-state index contributed by atoms with van der Waals surface area (Å²) in [6.45, 7) is 3.65. The molecule has 7 nitrogen and oxygen atoms in total. The normalized spacial score (nSPS) is 17.5. The number of aliphatic hydroxyl groups is 1. The second kappa shape index (κ2) is 9.02. The van der Waals surface area contributed by atoms with E-state index in [-0.39, 0.29) is 12.5 Å². The van der Waals surface area contributed by atoms with Crippen molar-refractivity contribution in [2.75, 3.05) is 53.0 Å². The van der Waals surface area contributed by atoms with E-state index in [9.17, 15) is 9.90 Å². The number of benzene rings is 1. The molecule has 3 rings (SSSR count). The first kappa shape index (κ1) is 18.7. The van der Waals surface area contributed by atoms with E-state index in [1.165, 1.54) is 0 Å². The fourth-order valence-corrected chi connectivity index (χ4v) is 3.29. The molecule has 1 aliphatic rings. The summed E-state index contributed by atoms with van der Waals surface area (Å²) in [5.74, 6) is 0.838. The predicted molar refractivity (Wildman–Crippen MR) is 99.3 cm³/mol. The molecule has 0 saturated carbocycles. The van der Waals surface area contributed by atoms with E-state index in [2.05, 4.69) is 4.98 Å². The van der Waals surface area contributed by atoms with Crippen LogP contribution in [0.3, 0.4) is 0 Å². The highest BCUT2D eigenvalue weighted by Gasteiger charge is 2.23. The third kappa shape index (κ3) is 4.75. The van der Waals surface area contributed by atoms with E-state index in [0.717, 1.165) is 36.2 Å². The smallest absolute Gasteiger partial charge is 0.236 e. The summed E-state index contributed by atoms with van der Waals surface area (Å²) in [5, 5.41) is 11.4. The fourth-order valence-electron chi connectivity index (χ4n) is 3.29. The first-order valence-electron chi connectivity index (χ1n) is 9.03. The molecule has 1 amide bonds. The Morgan fingerprint density at radius 1 is 1.31 bits per heavy atom. The van der Waals surface area contributed by atoms with Gasteiger partial charge in [-0.3, -0.25) is 9.69 Å². The van der Waals surface area contributed by atoms with Crippen molar-refractivity contribution in [3.05, 3.63) is 30.5 Å². The van der Waals surface area contributed by atoms with Gasteiger partial charge in [-0.2, -0.15) is 0 Å². The second-order valence-corrected chi connectivity index (χ2v) is 6.62. The summed E-state index contributed by atoms with van der Waals surface area (Å²) in [6, 6.07) is 7.75. The molecule has 0 unspecified atom stereocenters. The largest absolute Gasteiger partial charge is 0.490 e. The van der Waals surface area contributed by atoms with Crippen LogP contribution in [0.5, 0.6) is 5.75 Å². The Hall–Kier alpha value is -2.09. The van der Waals surface area contributed by atoms with Crippen LogP contribution in [0, 0.1) is 0 Å². The summed E-state index contributed by atoms with van der Waals surface area (Å²) >= 11 is 0. The number of β-amino-alcohol motifs (C(OH)–C–C–N with tert-alkyl or cyclic N) is 1. The van der Waals surface area contributed by atoms with Gasteiger partial charge < -0.3 is 24.5 Å². The zero-order valence-electron chi connectivity index (χ0n) is 15.2. The lowest BCUT2D eigenvalue weighted by Crippen LogP contribution is -2.41.